The molecule has 5 nitrogen and oxygen atoms in total. The van der Waals surface area contributed by atoms with Gasteiger partial charge in [0.15, 0.2) is 0 Å². The van der Waals surface area contributed by atoms with Crippen molar-refractivity contribution in [1.82, 2.24) is 0 Å². The van der Waals surface area contributed by atoms with Crippen LogP contribution in [0.4, 0.5) is 15.8 Å². The number of ether oxygens (including phenoxy) is 1. The van der Waals surface area contributed by atoms with Gasteiger partial charge in [-0.05, 0) is 48.7 Å². The van der Waals surface area contributed by atoms with Crippen LogP contribution in [0.1, 0.15) is 11.8 Å². The van der Waals surface area contributed by atoms with Crippen LogP contribution >= 0.6 is 11.3 Å². The second-order valence-corrected chi connectivity index (χ2v) is 7.15. The van der Waals surface area contributed by atoms with Gasteiger partial charge in [0.2, 0.25) is 0 Å². The van der Waals surface area contributed by atoms with Crippen LogP contribution in [0.3, 0.4) is 0 Å². The zero-order chi connectivity index (χ0) is 20.4. The molecule has 0 unspecified atom stereocenters. The molecule has 7 heteroatoms. The van der Waals surface area contributed by atoms with E-state index < -0.39 is 17.6 Å². The maximum atomic E-state index is 13.7. The van der Waals surface area contributed by atoms with Gasteiger partial charge in [0, 0.05) is 4.88 Å². The van der Waals surface area contributed by atoms with Gasteiger partial charge in [-0.3, -0.25) is 9.59 Å². The number of halogens is 1. The van der Waals surface area contributed by atoms with E-state index >= 15 is 0 Å². The van der Waals surface area contributed by atoms with E-state index in [2.05, 4.69) is 5.32 Å². The molecule has 1 N–H and O–H groups in total. The van der Waals surface area contributed by atoms with Crippen molar-refractivity contribution in [2.24, 2.45) is 0 Å². The van der Waals surface area contributed by atoms with E-state index in [4.69, 9.17) is 4.74 Å². The lowest BCUT2D eigenvalue weighted by Crippen LogP contribution is -2.32. The van der Waals surface area contributed by atoms with Crippen molar-refractivity contribution in [2.75, 3.05) is 16.8 Å². The number of rotatable bonds is 6. The number of imide groups is 1. The van der Waals surface area contributed by atoms with Crippen LogP contribution in [0, 0.1) is 5.82 Å². The van der Waals surface area contributed by atoms with Crippen molar-refractivity contribution in [3.8, 4) is 5.75 Å². The molecule has 4 rings (SSSR count). The Morgan fingerprint density at radius 2 is 1.86 bits per heavy atom. The molecule has 3 aromatic rings. The topological polar surface area (TPSA) is 58.6 Å². The highest BCUT2D eigenvalue weighted by atomic mass is 32.1. The minimum Gasteiger partial charge on any atom is -0.492 e. The minimum absolute atomic E-state index is 0.133. The van der Waals surface area contributed by atoms with Crippen molar-refractivity contribution >= 4 is 40.1 Å². The smallest absolute Gasteiger partial charge is 0.282 e. The maximum Gasteiger partial charge on any atom is 0.282 e. The molecule has 0 saturated carbocycles. The number of amides is 2. The SMILES string of the molecule is CCOc1ccccc1NC1=C(c2cccs2)C(=O)N(c2cccc(F)c2)C1=O. The summed E-state index contributed by atoms with van der Waals surface area (Å²) >= 11 is 1.35. The van der Waals surface area contributed by atoms with Crippen LogP contribution in [0.5, 0.6) is 5.75 Å². The standard InChI is InChI=1S/C22H17FN2O3S/c1-2-28-17-10-4-3-9-16(17)24-20-19(18-11-6-12-29-18)21(26)25(22(20)27)15-8-5-7-14(23)13-15/h3-13,24H,2H2,1H3. The maximum absolute atomic E-state index is 13.7. The van der Waals surface area contributed by atoms with Crippen LogP contribution in [0.2, 0.25) is 0 Å². The van der Waals surface area contributed by atoms with Gasteiger partial charge >= 0.3 is 0 Å². The van der Waals surface area contributed by atoms with E-state index in [-0.39, 0.29) is 17.0 Å². The number of thiophene rings is 1. The second kappa shape index (κ2) is 7.89. The summed E-state index contributed by atoms with van der Waals surface area (Å²) in [4.78, 5) is 28.1. The molecule has 146 valence electrons. The first kappa shape index (κ1) is 18.9. The number of para-hydroxylation sites is 2. The van der Waals surface area contributed by atoms with E-state index in [1.165, 1.54) is 35.6 Å². The van der Waals surface area contributed by atoms with Crippen molar-refractivity contribution in [1.29, 1.82) is 0 Å². The fraction of sp³-hybridized carbons (Fsp3) is 0.0909. The first-order valence-electron chi connectivity index (χ1n) is 9.01. The predicted octanol–water partition coefficient (Wildman–Crippen LogP) is 4.68. The van der Waals surface area contributed by atoms with Gasteiger partial charge in [-0.25, -0.2) is 9.29 Å². The normalized spacial score (nSPS) is 13.9. The van der Waals surface area contributed by atoms with Crippen LogP contribution in [-0.4, -0.2) is 18.4 Å². The van der Waals surface area contributed by atoms with Crippen LogP contribution in [-0.2, 0) is 9.59 Å². The molecule has 0 spiro atoms. The Bertz CT molecular complexity index is 1110. The summed E-state index contributed by atoms with van der Waals surface area (Å²) in [6.45, 7) is 2.32. The van der Waals surface area contributed by atoms with E-state index in [0.717, 1.165) is 4.90 Å². The molecule has 0 bridgehead atoms. The Morgan fingerprint density at radius 1 is 1.03 bits per heavy atom. The van der Waals surface area contributed by atoms with Gasteiger partial charge < -0.3 is 10.1 Å². The highest BCUT2D eigenvalue weighted by Gasteiger charge is 2.41. The average molecular weight is 408 g/mol. The highest BCUT2D eigenvalue weighted by Crippen LogP contribution is 2.37. The van der Waals surface area contributed by atoms with Gasteiger partial charge in [0.1, 0.15) is 17.3 Å². The summed E-state index contributed by atoms with van der Waals surface area (Å²) < 4.78 is 19.4. The third kappa shape index (κ3) is 3.52. The molecule has 0 aliphatic carbocycles. The summed E-state index contributed by atoms with van der Waals surface area (Å²) in [7, 11) is 0. The lowest BCUT2D eigenvalue weighted by atomic mass is 10.1. The molecule has 1 aliphatic rings. The summed E-state index contributed by atoms with van der Waals surface area (Å²) in [5.74, 6) is -1.00. The predicted molar refractivity (Wildman–Crippen MR) is 111 cm³/mol. The summed E-state index contributed by atoms with van der Waals surface area (Å²) in [6.07, 6.45) is 0. The van der Waals surface area contributed by atoms with Gasteiger partial charge in [-0.1, -0.05) is 24.3 Å². The van der Waals surface area contributed by atoms with Crippen LogP contribution in [0.15, 0.2) is 71.7 Å². The van der Waals surface area contributed by atoms with E-state index in [0.29, 0.717) is 22.9 Å². The largest absolute Gasteiger partial charge is 0.492 e. The molecule has 2 heterocycles. The van der Waals surface area contributed by atoms with E-state index in [9.17, 15) is 14.0 Å². The first-order chi connectivity index (χ1) is 14.1. The molecule has 0 saturated heterocycles. The van der Waals surface area contributed by atoms with Gasteiger partial charge in [0.25, 0.3) is 11.8 Å². The molecule has 1 aliphatic heterocycles. The van der Waals surface area contributed by atoms with Crippen molar-refractivity contribution in [2.45, 2.75) is 6.92 Å². The molecule has 0 radical (unpaired) electrons. The highest BCUT2D eigenvalue weighted by molar-refractivity contribution is 7.11. The van der Waals surface area contributed by atoms with Gasteiger partial charge in [-0.2, -0.15) is 0 Å². The molecular weight excluding hydrogens is 391 g/mol. The fourth-order valence-corrected chi connectivity index (χ4v) is 3.90. The number of benzene rings is 2. The monoisotopic (exact) mass is 408 g/mol. The van der Waals surface area contributed by atoms with E-state index in [1.54, 1.807) is 24.3 Å². The van der Waals surface area contributed by atoms with Gasteiger partial charge in [0.05, 0.1) is 23.6 Å². The van der Waals surface area contributed by atoms with E-state index in [1.807, 2.05) is 24.4 Å². The molecule has 0 atom stereocenters. The number of anilines is 2. The zero-order valence-electron chi connectivity index (χ0n) is 15.5. The quantitative estimate of drug-likeness (QED) is 0.602. The Kier molecular flexibility index (Phi) is 5.14. The number of carbonyl (C=O) groups is 2. The molecular formula is C22H17FN2O3S. The minimum atomic E-state index is -0.546. The Balaban J connectivity index is 1.80. The summed E-state index contributed by atoms with van der Waals surface area (Å²) in [5.41, 5.74) is 1.14. The van der Waals surface area contributed by atoms with Crippen LogP contribution in [0.25, 0.3) is 5.57 Å². The summed E-state index contributed by atoms with van der Waals surface area (Å²) in [6, 6.07) is 16.2. The average Bonchev–Trinajstić information content (AvgIpc) is 3.30. The number of carbonyl (C=O) groups excluding carboxylic acids is 2. The zero-order valence-corrected chi connectivity index (χ0v) is 16.3. The van der Waals surface area contributed by atoms with Crippen molar-refractivity contribution in [3.63, 3.8) is 0 Å². The lowest BCUT2D eigenvalue weighted by Gasteiger charge is -2.16. The molecule has 1 aromatic heterocycles. The third-order valence-electron chi connectivity index (χ3n) is 4.36. The van der Waals surface area contributed by atoms with Crippen molar-refractivity contribution in [3.05, 3.63) is 82.4 Å². The summed E-state index contributed by atoms with van der Waals surface area (Å²) in [5, 5.41) is 4.91. The number of hydrogen-bond donors (Lipinski definition) is 1. The Morgan fingerprint density at radius 3 is 2.59 bits per heavy atom. The van der Waals surface area contributed by atoms with Crippen LogP contribution < -0.4 is 15.0 Å². The number of hydrogen-bond acceptors (Lipinski definition) is 5. The first-order valence-corrected chi connectivity index (χ1v) is 9.89. The molecule has 0 fully saturated rings. The number of nitrogens with zero attached hydrogens (tertiary/aromatic N) is 1. The third-order valence-corrected chi connectivity index (χ3v) is 5.25. The molecule has 2 aromatic carbocycles. The van der Waals surface area contributed by atoms with Crippen molar-refractivity contribution < 1.29 is 18.7 Å². The van der Waals surface area contributed by atoms with Gasteiger partial charge in [-0.15, -0.1) is 11.3 Å². The Hall–Kier alpha value is -3.45. The number of nitrogens with one attached hydrogen (secondary N) is 1. The molecule has 2 amide bonds. The second-order valence-electron chi connectivity index (χ2n) is 6.21. The fourth-order valence-electron chi connectivity index (χ4n) is 3.13. The molecule has 29 heavy (non-hydrogen) atoms. The Labute approximate surface area is 171 Å². The lowest BCUT2D eigenvalue weighted by molar-refractivity contribution is -0.120.